The van der Waals surface area contributed by atoms with Crippen LogP contribution in [0.2, 0.25) is 0 Å². The number of nitrogens with two attached hydrogens (primary N) is 1. The van der Waals surface area contributed by atoms with Crippen molar-refractivity contribution in [3.05, 3.63) is 42.2 Å². The molecule has 108 valence electrons. The van der Waals surface area contributed by atoms with E-state index in [1.54, 1.807) is 6.20 Å². The monoisotopic (exact) mass is 281 g/mol. The van der Waals surface area contributed by atoms with Crippen LogP contribution in [0.15, 0.2) is 36.5 Å². The van der Waals surface area contributed by atoms with Crippen LogP contribution in [0.25, 0.3) is 10.9 Å². The fourth-order valence-electron chi connectivity index (χ4n) is 2.40. The summed E-state index contributed by atoms with van der Waals surface area (Å²) in [5.41, 5.74) is 9.63. The predicted octanol–water partition coefficient (Wildman–Crippen LogP) is 3.65. The summed E-state index contributed by atoms with van der Waals surface area (Å²) < 4.78 is 1.92. The van der Waals surface area contributed by atoms with Gasteiger partial charge < -0.3 is 11.1 Å². The van der Waals surface area contributed by atoms with E-state index in [0.717, 1.165) is 28.1 Å². The number of pyridine rings is 1. The van der Waals surface area contributed by atoms with E-state index in [2.05, 4.69) is 29.2 Å². The van der Waals surface area contributed by atoms with Gasteiger partial charge in [-0.15, -0.1) is 0 Å². The Kier molecular flexibility index (Phi) is 3.25. The Morgan fingerprint density at radius 1 is 1.19 bits per heavy atom. The van der Waals surface area contributed by atoms with Crippen LogP contribution < -0.4 is 11.1 Å². The van der Waals surface area contributed by atoms with Gasteiger partial charge >= 0.3 is 0 Å². The van der Waals surface area contributed by atoms with Gasteiger partial charge in [0.2, 0.25) is 0 Å². The van der Waals surface area contributed by atoms with Crippen molar-refractivity contribution in [2.75, 3.05) is 11.1 Å². The Morgan fingerprint density at radius 3 is 2.76 bits per heavy atom. The molecule has 2 heterocycles. The van der Waals surface area contributed by atoms with E-state index in [1.807, 2.05) is 41.9 Å². The number of hydrogen-bond donors (Lipinski definition) is 2. The molecular formula is C16H19N5. The second-order valence-electron chi connectivity index (χ2n) is 5.39. The zero-order valence-electron chi connectivity index (χ0n) is 12.5. The van der Waals surface area contributed by atoms with Crippen molar-refractivity contribution in [2.45, 2.75) is 26.8 Å². The number of fused-ring (bicyclic) bond motifs is 1. The maximum Gasteiger partial charge on any atom is 0.152 e. The lowest BCUT2D eigenvalue weighted by molar-refractivity contribution is 0.536. The summed E-state index contributed by atoms with van der Waals surface area (Å²) >= 11 is 0. The van der Waals surface area contributed by atoms with E-state index < -0.39 is 0 Å². The zero-order valence-corrected chi connectivity index (χ0v) is 12.5. The Balaban J connectivity index is 2.11. The number of nitrogen functional groups attached to an aromatic ring is 1. The largest absolute Gasteiger partial charge is 0.394 e. The molecule has 2 aromatic heterocycles. The highest BCUT2D eigenvalue weighted by Crippen LogP contribution is 2.31. The number of nitrogens with zero attached hydrogens (tertiary/aromatic N) is 3. The first kappa shape index (κ1) is 13.4. The molecular weight excluding hydrogens is 262 g/mol. The summed E-state index contributed by atoms with van der Waals surface area (Å²) in [6.45, 7) is 6.09. The highest BCUT2D eigenvalue weighted by atomic mass is 15.4. The molecule has 0 saturated carbocycles. The SMILES string of the molecule is Cc1nn(C(C)C)c(Nc2cccc3ncccc23)c1N. The quantitative estimate of drug-likeness (QED) is 0.769. The molecule has 3 aromatic rings. The van der Waals surface area contributed by atoms with E-state index in [0.29, 0.717) is 5.69 Å². The van der Waals surface area contributed by atoms with Crippen LogP contribution in [-0.2, 0) is 0 Å². The van der Waals surface area contributed by atoms with Crippen molar-refractivity contribution in [3.8, 4) is 0 Å². The Hall–Kier alpha value is -2.56. The average molecular weight is 281 g/mol. The molecule has 1 aromatic carbocycles. The van der Waals surface area contributed by atoms with Gasteiger partial charge in [0.05, 0.1) is 16.9 Å². The normalized spacial score (nSPS) is 11.2. The lowest BCUT2D eigenvalue weighted by atomic mass is 10.2. The lowest BCUT2D eigenvalue weighted by Crippen LogP contribution is -2.08. The first-order chi connectivity index (χ1) is 10.1. The first-order valence-corrected chi connectivity index (χ1v) is 7.03. The smallest absolute Gasteiger partial charge is 0.152 e. The minimum atomic E-state index is 0.233. The molecule has 0 radical (unpaired) electrons. The molecule has 0 aliphatic heterocycles. The number of nitrogens with one attached hydrogen (secondary N) is 1. The molecule has 3 N–H and O–H groups in total. The lowest BCUT2D eigenvalue weighted by Gasteiger charge is -2.14. The van der Waals surface area contributed by atoms with Gasteiger partial charge in [-0.1, -0.05) is 6.07 Å². The van der Waals surface area contributed by atoms with Crippen molar-refractivity contribution in [3.63, 3.8) is 0 Å². The van der Waals surface area contributed by atoms with Crippen molar-refractivity contribution in [1.29, 1.82) is 0 Å². The standard InChI is InChI=1S/C16H19N5/c1-10(2)21-16(15(17)11(3)20-21)19-14-8-4-7-13-12(14)6-5-9-18-13/h4-10,19H,17H2,1-3H3. The van der Waals surface area contributed by atoms with E-state index >= 15 is 0 Å². The topological polar surface area (TPSA) is 68.8 Å². The molecule has 5 heteroatoms. The van der Waals surface area contributed by atoms with Crippen LogP contribution in [0.1, 0.15) is 25.6 Å². The fraction of sp³-hybridized carbons (Fsp3) is 0.250. The van der Waals surface area contributed by atoms with Gasteiger partial charge in [-0.2, -0.15) is 5.10 Å². The van der Waals surface area contributed by atoms with E-state index in [9.17, 15) is 0 Å². The number of benzene rings is 1. The molecule has 0 fully saturated rings. The van der Waals surface area contributed by atoms with E-state index in [4.69, 9.17) is 5.73 Å². The van der Waals surface area contributed by atoms with Crippen molar-refractivity contribution < 1.29 is 0 Å². The molecule has 0 spiro atoms. The third kappa shape index (κ3) is 2.31. The zero-order chi connectivity index (χ0) is 15.0. The second kappa shape index (κ2) is 5.09. The second-order valence-corrected chi connectivity index (χ2v) is 5.39. The van der Waals surface area contributed by atoms with Crippen molar-refractivity contribution in [1.82, 2.24) is 14.8 Å². The summed E-state index contributed by atoms with van der Waals surface area (Å²) in [5.74, 6) is 0.832. The van der Waals surface area contributed by atoms with Crippen LogP contribution in [0.5, 0.6) is 0 Å². The third-order valence-electron chi connectivity index (χ3n) is 3.52. The van der Waals surface area contributed by atoms with Gasteiger partial charge in [0, 0.05) is 23.3 Å². The van der Waals surface area contributed by atoms with Gasteiger partial charge in [-0.3, -0.25) is 4.98 Å². The van der Waals surface area contributed by atoms with Crippen LogP contribution in [0, 0.1) is 6.92 Å². The molecule has 0 atom stereocenters. The Bertz CT molecular complexity index is 783. The van der Waals surface area contributed by atoms with Gasteiger partial charge in [0.15, 0.2) is 5.82 Å². The number of aryl methyl sites for hydroxylation is 1. The summed E-state index contributed by atoms with van der Waals surface area (Å²) in [5, 5.41) is 8.98. The molecule has 21 heavy (non-hydrogen) atoms. The fourth-order valence-corrected chi connectivity index (χ4v) is 2.40. The third-order valence-corrected chi connectivity index (χ3v) is 3.52. The maximum atomic E-state index is 6.17. The number of anilines is 3. The minimum Gasteiger partial charge on any atom is -0.394 e. The van der Waals surface area contributed by atoms with Gasteiger partial charge in [0.25, 0.3) is 0 Å². The Labute approximate surface area is 123 Å². The molecule has 5 nitrogen and oxygen atoms in total. The summed E-state index contributed by atoms with van der Waals surface area (Å²) in [6, 6.07) is 10.2. The van der Waals surface area contributed by atoms with Crippen LogP contribution in [-0.4, -0.2) is 14.8 Å². The maximum absolute atomic E-state index is 6.17. The van der Waals surface area contributed by atoms with Gasteiger partial charge in [-0.05, 0) is 45.0 Å². The summed E-state index contributed by atoms with van der Waals surface area (Å²) in [6.07, 6.45) is 1.79. The van der Waals surface area contributed by atoms with Crippen molar-refractivity contribution >= 4 is 28.1 Å². The van der Waals surface area contributed by atoms with Gasteiger partial charge in [0.1, 0.15) is 0 Å². The Morgan fingerprint density at radius 2 is 2.00 bits per heavy atom. The molecule has 0 saturated heterocycles. The van der Waals surface area contributed by atoms with Crippen LogP contribution >= 0.6 is 0 Å². The van der Waals surface area contributed by atoms with Crippen LogP contribution in [0.3, 0.4) is 0 Å². The van der Waals surface area contributed by atoms with E-state index in [1.165, 1.54) is 0 Å². The minimum absolute atomic E-state index is 0.233. The van der Waals surface area contributed by atoms with Crippen molar-refractivity contribution in [2.24, 2.45) is 0 Å². The molecule has 0 aliphatic rings. The molecule has 0 bridgehead atoms. The molecule has 0 aliphatic carbocycles. The summed E-state index contributed by atoms with van der Waals surface area (Å²) in [4.78, 5) is 4.37. The molecule has 0 amide bonds. The average Bonchev–Trinajstić information content (AvgIpc) is 2.76. The highest BCUT2D eigenvalue weighted by Gasteiger charge is 2.15. The first-order valence-electron chi connectivity index (χ1n) is 7.03. The molecule has 0 unspecified atom stereocenters. The highest BCUT2D eigenvalue weighted by molar-refractivity contribution is 5.93. The predicted molar refractivity (Wildman–Crippen MR) is 86.8 cm³/mol. The van der Waals surface area contributed by atoms with Gasteiger partial charge in [-0.25, -0.2) is 4.68 Å². The number of aromatic nitrogens is 3. The van der Waals surface area contributed by atoms with Crippen LogP contribution in [0.4, 0.5) is 17.2 Å². The number of rotatable bonds is 3. The number of hydrogen-bond acceptors (Lipinski definition) is 4. The van der Waals surface area contributed by atoms with E-state index in [-0.39, 0.29) is 6.04 Å². The summed E-state index contributed by atoms with van der Waals surface area (Å²) in [7, 11) is 0. The molecule has 3 rings (SSSR count).